The molecule has 0 spiro atoms. The van der Waals surface area contributed by atoms with Crippen molar-refractivity contribution in [3.63, 3.8) is 0 Å². The summed E-state index contributed by atoms with van der Waals surface area (Å²) in [7, 11) is 0. The smallest absolute Gasteiger partial charge is 0.0694 e. The largest absolute Gasteiger partial charge is 0.390 e. The molecular formula is C39H69Br3O3. The average Bonchev–Trinajstić information content (AvgIpc) is 2.79. The first kappa shape index (κ1) is 39.1. The Balaban J connectivity index is 0.000000154. The summed E-state index contributed by atoms with van der Waals surface area (Å²) in [4.78, 5) is 1.50. The molecule has 3 N–H and O–H groups in total. The highest BCUT2D eigenvalue weighted by Gasteiger charge is 2.55. The van der Waals surface area contributed by atoms with Crippen LogP contribution in [0, 0.1) is 51.8 Å². The van der Waals surface area contributed by atoms with Crippen LogP contribution in [-0.2, 0) is 0 Å². The summed E-state index contributed by atoms with van der Waals surface area (Å²) in [6.45, 7) is 20.8. The fourth-order valence-corrected chi connectivity index (χ4v) is 16.4. The molecule has 0 aromatic carbocycles. The zero-order valence-corrected chi connectivity index (χ0v) is 35.0. The molecule has 0 aromatic rings. The summed E-state index contributed by atoms with van der Waals surface area (Å²) < 4.78 is 0. The molecule has 0 heterocycles. The maximum absolute atomic E-state index is 10.8. The van der Waals surface area contributed by atoms with Gasteiger partial charge in [0.25, 0.3) is 0 Å². The molecule has 6 heteroatoms. The summed E-state index contributed by atoms with van der Waals surface area (Å²) in [5.74, 6) is 3.61. The van der Waals surface area contributed by atoms with E-state index < -0.39 is 16.8 Å². The molecule has 264 valence electrons. The molecule has 12 atom stereocenters. The molecule has 3 nitrogen and oxygen atoms in total. The van der Waals surface area contributed by atoms with Crippen LogP contribution in [0.25, 0.3) is 0 Å². The first-order valence-electron chi connectivity index (χ1n) is 18.6. The number of halogens is 3. The van der Waals surface area contributed by atoms with Crippen molar-refractivity contribution in [3.05, 3.63) is 0 Å². The lowest BCUT2D eigenvalue weighted by molar-refractivity contribution is -0.134. The van der Waals surface area contributed by atoms with E-state index in [1.807, 2.05) is 0 Å². The zero-order valence-electron chi connectivity index (χ0n) is 30.3. The summed E-state index contributed by atoms with van der Waals surface area (Å²) in [5.41, 5.74) is -0.307. The molecule has 6 fully saturated rings. The van der Waals surface area contributed by atoms with Crippen LogP contribution >= 0.6 is 47.8 Å². The third-order valence-electron chi connectivity index (χ3n) is 13.7. The third-order valence-corrected chi connectivity index (χ3v) is 15.6. The van der Waals surface area contributed by atoms with Crippen molar-refractivity contribution < 1.29 is 15.3 Å². The van der Waals surface area contributed by atoms with E-state index in [-0.39, 0.29) is 0 Å². The number of alkyl halides is 3. The fraction of sp³-hybridized carbons (Fsp3) is 1.00. The second-order valence-electron chi connectivity index (χ2n) is 19.6. The molecule has 0 saturated heterocycles. The van der Waals surface area contributed by atoms with Gasteiger partial charge in [0, 0.05) is 14.5 Å². The van der Waals surface area contributed by atoms with E-state index in [0.717, 1.165) is 38.5 Å². The molecule has 0 aromatic heterocycles. The molecule has 6 saturated carbocycles. The van der Waals surface area contributed by atoms with Crippen LogP contribution < -0.4 is 0 Å². The van der Waals surface area contributed by atoms with Crippen molar-refractivity contribution >= 4 is 47.8 Å². The summed E-state index contributed by atoms with van der Waals surface area (Å²) >= 11 is 11.2. The number of fused-ring (bicyclic) bond motifs is 3. The van der Waals surface area contributed by atoms with Crippen molar-refractivity contribution in [1.29, 1.82) is 0 Å². The van der Waals surface area contributed by atoms with E-state index in [9.17, 15) is 15.3 Å². The monoisotopic (exact) mass is 822 g/mol. The van der Waals surface area contributed by atoms with Gasteiger partial charge in [0.1, 0.15) is 0 Å². The molecule has 6 aliphatic carbocycles. The second kappa shape index (κ2) is 14.1. The number of aliphatic hydroxyl groups is 3. The van der Waals surface area contributed by atoms with Crippen LogP contribution in [0.2, 0.25) is 0 Å². The van der Waals surface area contributed by atoms with Gasteiger partial charge in [-0.3, -0.25) is 0 Å². The zero-order chi connectivity index (χ0) is 33.8. The molecule has 45 heavy (non-hydrogen) atoms. The predicted octanol–water partition coefficient (Wildman–Crippen LogP) is 11.2. The van der Waals surface area contributed by atoms with Crippen LogP contribution in [0.3, 0.4) is 0 Å². The van der Waals surface area contributed by atoms with Crippen LogP contribution in [0.5, 0.6) is 0 Å². The minimum atomic E-state index is -0.395. The van der Waals surface area contributed by atoms with Gasteiger partial charge in [-0.25, -0.2) is 0 Å². The van der Waals surface area contributed by atoms with Crippen LogP contribution in [0.15, 0.2) is 0 Å². The minimum absolute atomic E-state index is 0.293. The van der Waals surface area contributed by atoms with Crippen LogP contribution in [0.1, 0.15) is 159 Å². The lowest BCUT2D eigenvalue weighted by Crippen LogP contribution is -2.55. The molecule has 0 bridgehead atoms. The van der Waals surface area contributed by atoms with Gasteiger partial charge in [-0.15, -0.1) is 0 Å². The number of hydrogen-bond acceptors (Lipinski definition) is 3. The van der Waals surface area contributed by atoms with Gasteiger partial charge in [0.05, 0.1) is 16.8 Å². The highest BCUT2D eigenvalue weighted by molar-refractivity contribution is 9.10. The van der Waals surface area contributed by atoms with Gasteiger partial charge < -0.3 is 15.3 Å². The second-order valence-corrected chi connectivity index (χ2v) is 23.5. The van der Waals surface area contributed by atoms with Crippen LogP contribution in [-0.4, -0.2) is 46.6 Å². The average molecular weight is 826 g/mol. The third kappa shape index (κ3) is 8.98. The van der Waals surface area contributed by atoms with Gasteiger partial charge in [-0.1, -0.05) is 129 Å². The highest BCUT2D eigenvalue weighted by Crippen LogP contribution is 2.57. The van der Waals surface area contributed by atoms with E-state index in [0.29, 0.717) is 66.2 Å². The van der Waals surface area contributed by atoms with Crippen molar-refractivity contribution in [2.24, 2.45) is 51.8 Å². The van der Waals surface area contributed by atoms with Gasteiger partial charge in [-0.2, -0.15) is 0 Å². The molecule has 0 amide bonds. The predicted molar refractivity (Wildman–Crippen MR) is 202 cm³/mol. The first-order valence-corrected chi connectivity index (χ1v) is 21.3. The maximum atomic E-state index is 10.8. The van der Waals surface area contributed by atoms with E-state index in [2.05, 4.69) is 110 Å². The van der Waals surface area contributed by atoms with Gasteiger partial charge in [0.15, 0.2) is 0 Å². The Kier molecular flexibility index (Phi) is 12.3. The Hall–Kier alpha value is 1.32. The quantitative estimate of drug-likeness (QED) is 0.213. The van der Waals surface area contributed by atoms with Gasteiger partial charge in [-0.05, 0) is 129 Å². The number of rotatable bonds is 0. The Morgan fingerprint density at radius 1 is 0.378 bits per heavy atom. The standard InChI is InChI=1S/3C13H23BrO/c3*1-9-4-5-11-12(2,3)7-10(14)8-13(11,15)6-9/h3*9-11,15H,4-8H2,1-3H3/t3*9-,10+,11+,13-/m111/s1. The molecule has 0 aliphatic heterocycles. The summed E-state index contributed by atoms with van der Waals surface area (Å²) in [5, 5.41) is 32.5. The van der Waals surface area contributed by atoms with Crippen molar-refractivity contribution in [2.45, 2.75) is 190 Å². The van der Waals surface area contributed by atoms with E-state index in [1.54, 1.807) is 0 Å². The van der Waals surface area contributed by atoms with Gasteiger partial charge >= 0.3 is 0 Å². The van der Waals surface area contributed by atoms with Crippen LogP contribution in [0.4, 0.5) is 0 Å². The maximum Gasteiger partial charge on any atom is 0.0694 e. The molecule has 6 aliphatic rings. The van der Waals surface area contributed by atoms with E-state index >= 15 is 0 Å². The molecule has 0 unspecified atom stereocenters. The molecular weight excluding hydrogens is 756 g/mol. The van der Waals surface area contributed by atoms with Crippen molar-refractivity contribution in [2.75, 3.05) is 0 Å². The van der Waals surface area contributed by atoms with E-state index in [4.69, 9.17) is 0 Å². The molecule has 0 radical (unpaired) electrons. The Morgan fingerprint density at radius 2 is 0.600 bits per heavy atom. The lowest BCUT2D eigenvalue weighted by Gasteiger charge is -2.55. The fourth-order valence-electron chi connectivity index (χ4n) is 12.2. The van der Waals surface area contributed by atoms with Gasteiger partial charge in [0.2, 0.25) is 0 Å². The Bertz CT molecular complexity index is 864. The van der Waals surface area contributed by atoms with Crippen molar-refractivity contribution in [1.82, 2.24) is 0 Å². The normalized spacial score (nSPS) is 49.8. The first-order chi connectivity index (χ1) is 20.5. The topological polar surface area (TPSA) is 60.7 Å². The number of hydrogen-bond donors (Lipinski definition) is 3. The summed E-state index contributed by atoms with van der Waals surface area (Å²) in [6, 6.07) is 0. The van der Waals surface area contributed by atoms with E-state index in [1.165, 1.54) is 57.8 Å². The SMILES string of the molecule is C[C@@H]1CC[C@H]2C(C)(C)C[C@H](Br)C[C@]2(O)C1.C[C@@H]1CC[C@H]2C(C)(C)C[C@H](Br)C[C@]2(O)C1.C[C@@H]1CC[C@H]2C(C)(C)C[C@H](Br)C[C@]2(O)C1. The Morgan fingerprint density at radius 3 is 0.822 bits per heavy atom. The highest BCUT2D eigenvalue weighted by atomic mass is 79.9. The Labute approximate surface area is 303 Å². The minimum Gasteiger partial charge on any atom is -0.390 e. The summed E-state index contributed by atoms with van der Waals surface area (Å²) in [6.07, 6.45) is 17.0. The molecule has 6 rings (SSSR count). The van der Waals surface area contributed by atoms with Crippen molar-refractivity contribution in [3.8, 4) is 0 Å². The lowest BCUT2D eigenvalue weighted by atomic mass is 9.55.